The van der Waals surface area contributed by atoms with Crippen LogP contribution < -0.4 is 33.3 Å². The van der Waals surface area contributed by atoms with Gasteiger partial charge in [0.1, 0.15) is 18.2 Å². The van der Waals surface area contributed by atoms with Crippen molar-refractivity contribution in [1.82, 2.24) is 20.2 Å². The van der Waals surface area contributed by atoms with Crippen LogP contribution in [-0.2, 0) is 52.4 Å². The summed E-state index contributed by atoms with van der Waals surface area (Å²) < 4.78 is 36.4. The van der Waals surface area contributed by atoms with Crippen LogP contribution in [0.2, 0.25) is 0 Å². The third-order valence-corrected chi connectivity index (χ3v) is 11.9. The minimum absolute atomic E-state index is 0.0124. The average Bonchev–Trinajstić information content (AvgIpc) is 3.52. The van der Waals surface area contributed by atoms with E-state index in [0.29, 0.717) is 38.6 Å². The highest BCUT2D eigenvalue weighted by molar-refractivity contribution is 5.96. The van der Waals surface area contributed by atoms with Gasteiger partial charge < -0.3 is 55.6 Å². The Morgan fingerprint density at radius 1 is 0.892 bits per heavy atom. The molecule has 10 atom stereocenters. The number of esters is 2. The smallest absolute Gasteiger partial charge is 0.330 e. The molecule has 8 N–H and O–H groups in total. The number of nitrogens with two attached hydrogens (primary N) is 2. The van der Waals surface area contributed by atoms with E-state index in [1.54, 1.807) is 0 Å². The van der Waals surface area contributed by atoms with E-state index in [9.17, 15) is 38.7 Å². The fourth-order valence-corrected chi connectivity index (χ4v) is 8.25. The van der Waals surface area contributed by atoms with Crippen molar-refractivity contribution < 1.29 is 57.5 Å². The number of methoxy groups -OCH3 is 1. The van der Waals surface area contributed by atoms with Gasteiger partial charge in [0.05, 0.1) is 0 Å². The van der Waals surface area contributed by atoms with E-state index < -0.39 is 102 Å². The highest BCUT2D eigenvalue weighted by atomic mass is 16.7. The van der Waals surface area contributed by atoms with Crippen molar-refractivity contribution in [3.8, 4) is 0 Å². The molecule has 1 aromatic heterocycles. The summed E-state index contributed by atoms with van der Waals surface area (Å²) in [6, 6.07) is 0.0103. The number of aromatic nitrogens is 2. The molecule has 2 fully saturated rings. The first-order valence-electron chi connectivity index (χ1n) is 23.5. The Bertz CT molecular complexity index is 1840. The van der Waals surface area contributed by atoms with Gasteiger partial charge in [0, 0.05) is 44.3 Å². The van der Waals surface area contributed by atoms with Crippen molar-refractivity contribution >= 4 is 29.7 Å². The topological polar surface area (TPSA) is 292 Å². The molecule has 20 nitrogen and oxygen atoms in total. The van der Waals surface area contributed by atoms with Gasteiger partial charge in [0.25, 0.3) is 11.5 Å². The van der Waals surface area contributed by atoms with Gasteiger partial charge >= 0.3 is 17.6 Å². The third-order valence-electron chi connectivity index (χ3n) is 11.9. The molecule has 1 aromatic rings. The molecule has 0 spiro atoms. The Morgan fingerprint density at radius 2 is 1.51 bits per heavy atom. The predicted octanol–water partition coefficient (Wildman–Crippen LogP) is 2.53. The molecule has 4 rings (SSSR count). The summed E-state index contributed by atoms with van der Waals surface area (Å²) >= 11 is 0. The lowest BCUT2D eigenvalue weighted by Gasteiger charge is -2.36. The summed E-state index contributed by atoms with van der Waals surface area (Å²) in [5.41, 5.74) is 9.84. The molecule has 2 saturated heterocycles. The largest absolute Gasteiger partial charge is 0.456 e. The first kappa shape index (κ1) is 53.0. The normalized spacial score (nSPS) is 26.0. The summed E-state index contributed by atoms with van der Waals surface area (Å²) in [4.78, 5) is 93.7. The predicted molar refractivity (Wildman–Crippen MR) is 235 cm³/mol. The number of unbranched alkanes of at least 4 members (excludes halogenated alkanes) is 13. The van der Waals surface area contributed by atoms with Gasteiger partial charge in [0.2, 0.25) is 18.1 Å². The van der Waals surface area contributed by atoms with Crippen LogP contribution in [0.1, 0.15) is 148 Å². The van der Waals surface area contributed by atoms with Crippen LogP contribution in [0.5, 0.6) is 0 Å². The molecule has 0 aliphatic carbocycles. The Morgan fingerprint density at radius 3 is 2.11 bits per heavy atom. The molecule has 65 heavy (non-hydrogen) atoms. The second-order valence-corrected chi connectivity index (χ2v) is 17.2. The van der Waals surface area contributed by atoms with Crippen LogP contribution in [-0.4, -0.2) is 113 Å². The summed E-state index contributed by atoms with van der Waals surface area (Å²) in [6.07, 6.45) is 5.04. The zero-order valence-corrected chi connectivity index (χ0v) is 38.2. The minimum atomic E-state index is -1.92. The molecule has 3 aliphatic rings. The van der Waals surface area contributed by atoms with E-state index in [1.165, 1.54) is 7.11 Å². The number of primary amides is 1. The summed E-state index contributed by atoms with van der Waals surface area (Å²) in [5, 5.41) is 17.1. The van der Waals surface area contributed by atoms with Crippen molar-refractivity contribution in [1.29, 1.82) is 0 Å². The number of nitrogens with one attached hydrogen (secondary N) is 3. The lowest BCUT2D eigenvalue weighted by Crippen LogP contribution is -2.55. The number of H-pyrrole nitrogens is 1. The maximum absolute atomic E-state index is 13.8. The first-order chi connectivity index (χ1) is 31.3. The van der Waals surface area contributed by atoms with Crippen molar-refractivity contribution in [2.45, 2.75) is 203 Å². The lowest BCUT2D eigenvalue weighted by atomic mass is 10.0. The quantitative estimate of drug-likeness (QED) is 0.0520. The maximum Gasteiger partial charge on any atom is 0.330 e. The van der Waals surface area contributed by atoms with Crippen LogP contribution in [0.4, 0.5) is 0 Å². The van der Waals surface area contributed by atoms with E-state index in [1.807, 2.05) is 6.92 Å². The number of amides is 3. The monoisotopic (exact) mass is 921 g/mol. The highest BCUT2D eigenvalue weighted by Gasteiger charge is 2.55. The zero-order chi connectivity index (χ0) is 47.3. The number of hydrogen-bond acceptors (Lipinski definition) is 15. The van der Waals surface area contributed by atoms with Crippen LogP contribution in [0.15, 0.2) is 33.7 Å². The molecule has 366 valence electrons. The van der Waals surface area contributed by atoms with Crippen molar-refractivity contribution in [2.24, 2.45) is 11.5 Å². The second-order valence-electron chi connectivity index (χ2n) is 17.2. The van der Waals surface area contributed by atoms with Gasteiger partial charge in [-0.15, -0.1) is 0 Å². The van der Waals surface area contributed by atoms with Gasteiger partial charge in [-0.25, -0.2) is 4.79 Å². The molecule has 3 amide bonds. The highest BCUT2D eigenvalue weighted by Crippen LogP contribution is 2.37. The number of hydrogen-bond donors (Lipinski definition) is 6. The summed E-state index contributed by atoms with van der Waals surface area (Å²) in [5.74, 6) is -4.26. The van der Waals surface area contributed by atoms with Crippen LogP contribution in [0.3, 0.4) is 0 Å². The van der Waals surface area contributed by atoms with Crippen molar-refractivity contribution in [3.05, 3.63) is 44.9 Å². The number of nitrogens with zero attached hydrogens (tertiary/aromatic N) is 1. The molecule has 0 saturated carbocycles. The van der Waals surface area contributed by atoms with E-state index in [-0.39, 0.29) is 18.9 Å². The molecule has 3 aliphatic heterocycles. The molecular formula is C45H72N6O14. The van der Waals surface area contributed by atoms with Crippen LogP contribution in [0, 0.1) is 0 Å². The van der Waals surface area contributed by atoms with Crippen LogP contribution in [0.25, 0.3) is 0 Å². The van der Waals surface area contributed by atoms with E-state index >= 15 is 0 Å². The Hall–Kier alpha value is -4.63. The molecule has 20 heteroatoms. The first-order valence-corrected chi connectivity index (χ1v) is 23.5. The lowest BCUT2D eigenvalue weighted by molar-refractivity contribution is -0.244. The van der Waals surface area contributed by atoms with E-state index in [4.69, 9.17) is 39.9 Å². The van der Waals surface area contributed by atoms with Crippen molar-refractivity contribution in [2.75, 3.05) is 13.7 Å². The van der Waals surface area contributed by atoms with Gasteiger partial charge in [-0.2, -0.15) is 0 Å². The summed E-state index contributed by atoms with van der Waals surface area (Å²) in [6.45, 7) is 4.65. The van der Waals surface area contributed by atoms with Gasteiger partial charge in [0.15, 0.2) is 36.4 Å². The summed E-state index contributed by atoms with van der Waals surface area (Å²) in [7, 11) is 1.24. The SMILES string of the molecule is CCCCCCCCCC(=O)O[C@@H]1[C@H](OC)[C@@H]([C@@H](O[C@H]2OC(C(=O)N[C@H]3CCC[C@@H](C)NC3=O)=C[C@H](OC(=O)CCCCCCCCCCN)[C@@H]2O)C(N)=O)O[C@H]1n1ccc(=O)[nH]c1=O. The zero-order valence-electron chi connectivity index (χ0n) is 38.2. The maximum atomic E-state index is 13.8. The molecule has 0 bridgehead atoms. The number of carbonyl (C=O) groups is 5. The third kappa shape index (κ3) is 16.6. The van der Waals surface area contributed by atoms with Crippen LogP contribution >= 0.6 is 0 Å². The standard InChI is InChI=1S/C45H72N6O14/c1-4-5-6-7-10-13-17-23-34(54)63-39-36(60-3)37(64-43(39)51-26-24-32(52)50-45(51)59)38(40(47)56)65-44-35(55)30(61-33(53)22-16-14-11-8-9-12-15-18-25-46)27-31(62-44)42(58)49-29-21-19-20-28(2)48-41(29)57/h24,26-30,35-39,43-44,55H,4-23,25,46H2,1-3H3,(H2,47,56)(H,48,57)(H,49,58)(H,50,52,59)/t28-,29+,30+,35+,36-,37+,38-,39-,43-,44-/m1/s1. The number of aliphatic hydroxyl groups excluding tert-OH is 1. The van der Waals surface area contributed by atoms with Gasteiger partial charge in [-0.1, -0.05) is 84.0 Å². The number of carbonyl (C=O) groups excluding carboxylic acids is 5. The Balaban J connectivity index is 1.55. The fraction of sp³-hybridized carbons (Fsp3) is 0.756. The molecule has 4 heterocycles. The number of rotatable bonds is 28. The molecular weight excluding hydrogens is 849 g/mol. The van der Waals surface area contributed by atoms with Gasteiger partial charge in [-0.05, 0) is 52.0 Å². The second kappa shape index (κ2) is 27.8. The number of aliphatic hydroxyl groups is 1. The average molecular weight is 921 g/mol. The number of aromatic amines is 1. The van der Waals surface area contributed by atoms with Gasteiger partial charge in [-0.3, -0.25) is 38.3 Å². The Kier molecular flexibility index (Phi) is 22.6. The Labute approximate surface area is 380 Å². The minimum Gasteiger partial charge on any atom is -0.456 e. The van der Waals surface area contributed by atoms with E-state index in [2.05, 4.69) is 22.5 Å². The molecule has 0 radical (unpaired) electrons. The van der Waals surface area contributed by atoms with Crippen molar-refractivity contribution in [3.63, 3.8) is 0 Å². The number of ether oxygens (including phenoxy) is 6. The molecule has 0 aromatic carbocycles. The fourth-order valence-electron chi connectivity index (χ4n) is 8.25. The van der Waals surface area contributed by atoms with E-state index in [0.717, 1.165) is 106 Å². The molecule has 0 unspecified atom stereocenters.